The zero-order valence-corrected chi connectivity index (χ0v) is 16.3. The van der Waals surface area contributed by atoms with Crippen molar-refractivity contribution in [2.75, 3.05) is 10.0 Å². The van der Waals surface area contributed by atoms with Gasteiger partial charge in [0.05, 0.1) is 10.6 Å². The Kier molecular flexibility index (Phi) is 5.01. The Morgan fingerprint density at radius 3 is 2.41 bits per heavy atom. The van der Waals surface area contributed by atoms with Crippen LogP contribution >= 0.6 is 11.3 Å². The highest BCUT2D eigenvalue weighted by atomic mass is 32.2. The van der Waals surface area contributed by atoms with E-state index >= 15 is 0 Å². The Bertz CT molecular complexity index is 1210. The molecule has 12 heteroatoms. The van der Waals surface area contributed by atoms with Crippen molar-refractivity contribution in [2.24, 2.45) is 0 Å². The number of nitrogens with zero attached hydrogens (tertiary/aromatic N) is 5. The molecule has 0 aliphatic carbocycles. The molecule has 10 nitrogen and oxygen atoms in total. The Morgan fingerprint density at radius 2 is 1.79 bits per heavy atom. The second-order valence-electron chi connectivity index (χ2n) is 5.72. The third kappa shape index (κ3) is 4.28. The number of sulfonamides is 1. The summed E-state index contributed by atoms with van der Waals surface area (Å²) in [6.07, 6.45) is 2.96. The molecule has 0 saturated heterocycles. The van der Waals surface area contributed by atoms with E-state index in [9.17, 15) is 13.2 Å². The summed E-state index contributed by atoms with van der Waals surface area (Å²) in [7, 11) is -3.74. The third-order valence-electron chi connectivity index (χ3n) is 3.82. The number of anilines is 2. The van der Waals surface area contributed by atoms with E-state index in [1.807, 2.05) is 0 Å². The lowest BCUT2D eigenvalue weighted by Crippen LogP contribution is -2.14. The summed E-state index contributed by atoms with van der Waals surface area (Å²) in [6, 6.07) is 12.6. The average Bonchev–Trinajstić information content (AvgIpc) is 3.42. The van der Waals surface area contributed by atoms with Gasteiger partial charge in [-0.1, -0.05) is 0 Å². The van der Waals surface area contributed by atoms with Crippen LogP contribution in [0.5, 0.6) is 0 Å². The molecule has 4 rings (SSSR count). The summed E-state index contributed by atoms with van der Waals surface area (Å²) < 4.78 is 28.5. The molecule has 0 radical (unpaired) electrons. The molecule has 0 aliphatic rings. The number of aromatic nitrogens is 5. The number of nitrogens with one attached hydrogen (secondary N) is 2. The molecule has 29 heavy (non-hydrogen) atoms. The summed E-state index contributed by atoms with van der Waals surface area (Å²) in [4.78, 5) is 16.4. The maximum atomic E-state index is 12.4. The lowest BCUT2D eigenvalue weighted by Gasteiger charge is -2.08. The molecule has 146 valence electrons. The van der Waals surface area contributed by atoms with E-state index in [0.717, 1.165) is 0 Å². The van der Waals surface area contributed by atoms with Crippen LogP contribution in [0.3, 0.4) is 0 Å². The molecule has 0 bridgehead atoms. The molecular formula is C17H13N7O3S2. The molecule has 1 amide bonds. The molecule has 0 fully saturated rings. The first-order valence-electron chi connectivity index (χ1n) is 8.18. The maximum absolute atomic E-state index is 12.4. The topological polar surface area (TPSA) is 132 Å². The Labute approximate surface area is 169 Å². The highest BCUT2D eigenvalue weighted by molar-refractivity contribution is 7.93. The van der Waals surface area contributed by atoms with Gasteiger partial charge in [-0.2, -0.15) is 0 Å². The molecule has 0 aliphatic heterocycles. The van der Waals surface area contributed by atoms with Crippen molar-refractivity contribution < 1.29 is 13.2 Å². The van der Waals surface area contributed by atoms with Gasteiger partial charge in [0.15, 0.2) is 5.13 Å². The number of carbonyl (C=O) groups excluding carboxylic acids is 1. The SMILES string of the molecule is O=C(Nc1ccc(S(=O)(=O)Nc2nccs2)cc1)c1ccc(-n2cnnn2)cc1. The first-order chi connectivity index (χ1) is 14.0. The van der Waals surface area contributed by atoms with Gasteiger partial charge >= 0.3 is 0 Å². The average molecular weight is 427 g/mol. The van der Waals surface area contributed by atoms with E-state index in [1.54, 1.807) is 29.6 Å². The predicted octanol–water partition coefficient (Wildman–Crippen LogP) is 2.17. The highest BCUT2D eigenvalue weighted by Crippen LogP contribution is 2.20. The summed E-state index contributed by atoms with van der Waals surface area (Å²) in [5, 5.41) is 15.6. The molecule has 2 aromatic carbocycles. The van der Waals surface area contributed by atoms with Crippen molar-refractivity contribution in [1.82, 2.24) is 25.2 Å². The van der Waals surface area contributed by atoms with Crippen molar-refractivity contribution in [2.45, 2.75) is 4.90 Å². The Balaban J connectivity index is 1.44. The van der Waals surface area contributed by atoms with Crippen molar-refractivity contribution >= 4 is 38.1 Å². The molecule has 2 heterocycles. The first-order valence-corrected chi connectivity index (χ1v) is 10.5. The molecule has 0 spiro atoms. The van der Waals surface area contributed by atoms with Crippen molar-refractivity contribution in [1.29, 1.82) is 0 Å². The van der Waals surface area contributed by atoms with E-state index in [1.165, 1.54) is 52.8 Å². The van der Waals surface area contributed by atoms with Gasteiger partial charge in [0.25, 0.3) is 15.9 Å². The van der Waals surface area contributed by atoms with Gasteiger partial charge in [-0.25, -0.2) is 18.1 Å². The fourth-order valence-electron chi connectivity index (χ4n) is 2.41. The second kappa shape index (κ2) is 7.77. The second-order valence-corrected chi connectivity index (χ2v) is 8.30. The van der Waals surface area contributed by atoms with Gasteiger partial charge in [0, 0.05) is 22.8 Å². The molecule has 2 N–H and O–H groups in total. The number of rotatable bonds is 6. The molecular weight excluding hydrogens is 414 g/mol. The quantitative estimate of drug-likeness (QED) is 0.482. The van der Waals surface area contributed by atoms with Crippen LogP contribution < -0.4 is 10.0 Å². The van der Waals surface area contributed by atoms with Gasteiger partial charge in [-0.3, -0.25) is 9.52 Å². The van der Waals surface area contributed by atoms with Crippen LogP contribution in [-0.4, -0.2) is 39.5 Å². The monoisotopic (exact) mass is 427 g/mol. The fraction of sp³-hybridized carbons (Fsp3) is 0. The van der Waals surface area contributed by atoms with Crippen LogP contribution in [0.1, 0.15) is 10.4 Å². The van der Waals surface area contributed by atoms with E-state index in [2.05, 4.69) is 30.5 Å². The van der Waals surface area contributed by atoms with Crippen LogP contribution in [0.25, 0.3) is 5.69 Å². The summed E-state index contributed by atoms with van der Waals surface area (Å²) in [5.41, 5.74) is 1.62. The maximum Gasteiger partial charge on any atom is 0.263 e. The number of hydrogen-bond donors (Lipinski definition) is 2. The van der Waals surface area contributed by atoms with Crippen LogP contribution in [0, 0.1) is 0 Å². The van der Waals surface area contributed by atoms with Gasteiger partial charge in [0.2, 0.25) is 0 Å². The summed E-state index contributed by atoms with van der Waals surface area (Å²) >= 11 is 1.18. The van der Waals surface area contributed by atoms with Gasteiger partial charge in [0.1, 0.15) is 6.33 Å². The smallest absolute Gasteiger partial charge is 0.263 e. The van der Waals surface area contributed by atoms with Crippen LogP contribution in [0.2, 0.25) is 0 Å². The first kappa shape index (κ1) is 18.7. The minimum atomic E-state index is -3.74. The van der Waals surface area contributed by atoms with Gasteiger partial charge in [-0.05, 0) is 59.0 Å². The largest absolute Gasteiger partial charge is 0.322 e. The lowest BCUT2D eigenvalue weighted by atomic mass is 10.2. The van der Waals surface area contributed by atoms with Gasteiger partial charge < -0.3 is 5.32 Å². The predicted molar refractivity (Wildman–Crippen MR) is 106 cm³/mol. The number of carbonyl (C=O) groups is 1. The minimum absolute atomic E-state index is 0.0662. The molecule has 2 aromatic heterocycles. The van der Waals surface area contributed by atoms with Crippen molar-refractivity contribution in [3.8, 4) is 5.69 Å². The Hall–Kier alpha value is -3.64. The minimum Gasteiger partial charge on any atom is -0.322 e. The van der Waals surface area contributed by atoms with Crippen molar-refractivity contribution in [3.05, 3.63) is 72.0 Å². The summed E-state index contributed by atoms with van der Waals surface area (Å²) in [6.45, 7) is 0. The zero-order valence-electron chi connectivity index (χ0n) is 14.6. The number of amides is 1. The number of benzene rings is 2. The van der Waals surface area contributed by atoms with Crippen molar-refractivity contribution in [3.63, 3.8) is 0 Å². The highest BCUT2D eigenvalue weighted by Gasteiger charge is 2.15. The molecule has 0 unspecified atom stereocenters. The van der Waals surface area contributed by atoms with Crippen LogP contribution in [0.4, 0.5) is 10.8 Å². The fourth-order valence-corrected chi connectivity index (χ4v) is 4.20. The van der Waals surface area contributed by atoms with E-state index in [0.29, 0.717) is 16.9 Å². The normalized spacial score (nSPS) is 11.2. The zero-order chi connectivity index (χ0) is 20.3. The van der Waals surface area contributed by atoms with Gasteiger partial charge in [-0.15, -0.1) is 16.4 Å². The molecule has 4 aromatic rings. The number of thiazole rings is 1. The van der Waals surface area contributed by atoms with E-state index < -0.39 is 10.0 Å². The third-order valence-corrected chi connectivity index (χ3v) is 5.99. The summed E-state index contributed by atoms with van der Waals surface area (Å²) in [5.74, 6) is -0.329. The lowest BCUT2D eigenvalue weighted by molar-refractivity contribution is 0.102. The molecule has 0 atom stereocenters. The van der Waals surface area contributed by atoms with E-state index in [4.69, 9.17) is 0 Å². The van der Waals surface area contributed by atoms with Crippen LogP contribution in [0.15, 0.2) is 71.3 Å². The van der Waals surface area contributed by atoms with E-state index in [-0.39, 0.29) is 15.9 Å². The number of hydrogen-bond acceptors (Lipinski definition) is 8. The van der Waals surface area contributed by atoms with Crippen LogP contribution in [-0.2, 0) is 10.0 Å². The number of tetrazole rings is 1. The molecule has 0 saturated carbocycles. The standard InChI is InChI=1S/C17H13N7O3S2/c25-16(12-1-5-14(6-2-12)24-11-19-22-23-24)20-13-3-7-15(8-4-13)29(26,27)21-17-18-9-10-28-17/h1-11H,(H,18,21)(H,20,25). The Morgan fingerprint density at radius 1 is 1.03 bits per heavy atom.